The average molecular weight is 964 g/mol. The van der Waals surface area contributed by atoms with Gasteiger partial charge in [-0.05, 0) is 109 Å². The molecule has 0 aliphatic rings. The van der Waals surface area contributed by atoms with Gasteiger partial charge in [0.05, 0.1) is 0 Å². The molecule has 0 aromatic heterocycles. The van der Waals surface area contributed by atoms with Gasteiger partial charge in [-0.25, -0.2) is 0 Å². The molecule has 0 spiro atoms. The zero-order valence-corrected chi connectivity index (χ0v) is 45.6. The predicted octanol–water partition coefficient (Wildman–Crippen LogP) is 19.8. The molecule has 0 bridgehead atoms. The Kier molecular flexibility index (Phi) is 54.8. The van der Waals surface area contributed by atoms with E-state index in [9.17, 15) is 14.4 Å². The number of hydrogen-bond acceptors (Lipinski definition) is 6. The molecule has 69 heavy (non-hydrogen) atoms. The number of allylic oxidation sites excluding steroid dienone is 12. The summed E-state index contributed by atoms with van der Waals surface area (Å²) in [7, 11) is 0. The van der Waals surface area contributed by atoms with Gasteiger partial charge in [-0.1, -0.05) is 235 Å². The topological polar surface area (TPSA) is 78.9 Å². The van der Waals surface area contributed by atoms with Crippen LogP contribution in [0.4, 0.5) is 0 Å². The molecule has 1 atom stereocenters. The Morgan fingerprint density at radius 1 is 0.304 bits per heavy atom. The van der Waals surface area contributed by atoms with Crippen molar-refractivity contribution in [2.24, 2.45) is 0 Å². The number of unbranched alkanes of at least 4 members (excludes halogenated alkanes) is 30. The van der Waals surface area contributed by atoms with E-state index in [0.29, 0.717) is 19.3 Å². The minimum absolute atomic E-state index is 0.0866. The molecule has 0 aromatic carbocycles. The van der Waals surface area contributed by atoms with E-state index in [1.165, 1.54) is 148 Å². The number of carbonyl (C=O) groups excluding carboxylic acids is 3. The molecule has 0 N–H and O–H groups in total. The van der Waals surface area contributed by atoms with Crippen molar-refractivity contribution in [3.8, 4) is 0 Å². The van der Waals surface area contributed by atoms with Crippen molar-refractivity contribution in [3.63, 3.8) is 0 Å². The molecule has 0 radical (unpaired) electrons. The largest absolute Gasteiger partial charge is 0.462 e. The zero-order chi connectivity index (χ0) is 50.0. The molecule has 398 valence electrons. The number of esters is 3. The van der Waals surface area contributed by atoms with Crippen LogP contribution in [0.3, 0.4) is 0 Å². The molecule has 6 heteroatoms. The van der Waals surface area contributed by atoms with E-state index in [1.807, 2.05) is 0 Å². The SMILES string of the molecule is CC/C=C\C/C=C\C/C=C\CCCCCCCCC(=O)OCC(COC(=O)CCCCCCC/C=C\CCCCCCCCCCC)OC(=O)CCCCCCCCC/C=C\C/C=C\CCCCC. The minimum atomic E-state index is -0.789. The second-order valence-corrected chi connectivity index (χ2v) is 19.5. The third-order valence-corrected chi connectivity index (χ3v) is 12.7. The first-order chi connectivity index (χ1) is 34.0. The van der Waals surface area contributed by atoms with Crippen LogP contribution < -0.4 is 0 Å². The standard InChI is InChI=1S/C63H110O6/c1-4-7-10-13-16-19-22-25-28-31-33-35-38-41-44-47-50-53-56-62(65)68-59-60(58-67-61(64)55-52-49-46-43-40-37-34-30-27-24-21-18-15-12-9-6-3)69-63(66)57-54-51-48-45-42-39-36-32-29-26-23-20-17-14-11-8-5-2/h9,12,17-18,20-21,26-27,29-30,33,35,60H,4-8,10-11,13-16,19,22-25,28,31-32,34,36-59H2,1-3H3/b12-9-,20-17-,21-18-,29-26-,30-27-,35-33-. The highest BCUT2D eigenvalue weighted by Gasteiger charge is 2.19. The van der Waals surface area contributed by atoms with Gasteiger partial charge < -0.3 is 14.2 Å². The lowest BCUT2D eigenvalue weighted by molar-refractivity contribution is -0.167. The molecule has 0 rings (SSSR count). The summed E-state index contributed by atoms with van der Waals surface area (Å²) in [5.41, 5.74) is 0. The summed E-state index contributed by atoms with van der Waals surface area (Å²) in [4.78, 5) is 38.2. The highest BCUT2D eigenvalue weighted by Crippen LogP contribution is 2.15. The summed E-state index contributed by atoms with van der Waals surface area (Å²) in [6, 6.07) is 0. The Bertz CT molecular complexity index is 1290. The monoisotopic (exact) mass is 963 g/mol. The lowest BCUT2D eigenvalue weighted by Crippen LogP contribution is -2.30. The Hall–Kier alpha value is -3.15. The molecule has 6 nitrogen and oxygen atoms in total. The summed E-state index contributed by atoms with van der Waals surface area (Å²) >= 11 is 0. The second-order valence-electron chi connectivity index (χ2n) is 19.5. The van der Waals surface area contributed by atoms with Crippen molar-refractivity contribution in [2.75, 3.05) is 13.2 Å². The predicted molar refractivity (Wildman–Crippen MR) is 298 cm³/mol. The smallest absolute Gasteiger partial charge is 0.306 e. The van der Waals surface area contributed by atoms with Gasteiger partial charge in [-0.15, -0.1) is 0 Å². The van der Waals surface area contributed by atoms with Crippen LogP contribution in [0, 0.1) is 0 Å². The first-order valence-electron chi connectivity index (χ1n) is 29.4. The molecule has 0 saturated carbocycles. The maximum absolute atomic E-state index is 12.9. The lowest BCUT2D eigenvalue weighted by Gasteiger charge is -2.18. The summed E-state index contributed by atoms with van der Waals surface area (Å²) < 4.78 is 16.9. The Labute approximate surface area is 427 Å². The number of carbonyl (C=O) groups is 3. The van der Waals surface area contributed by atoms with Crippen LogP contribution in [-0.2, 0) is 28.6 Å². The van der Waals surface area contributed by atoms with Gasteiger partial charge in [0, 0.05) is 19.3 Å². The minimum Gasteiger partial charge on any atom is -0.462 e. The molecule has 0 saturated heterocycles. The third-order valence-electron chi connectivity index (χ3n) is 12.7. The maximum atomic E-state index is 12.9. The van der Waals surface area contributed by atoms with Crippen molar-refractivity contribution in [1.29, 1.82) is 0 Å². The highest BCUT2D eigenvalue weighted by atomic mass is 16.6. The second kappa shape index (κ2) is 57.4. The van der Waals surface area contributed by atoms with E-state index < -0.39 is 6.10 Å². The van der Waals surface area contributed by atoms with Gasteiger partial charge in [0.2, 0.25) is 0 Å². The fraction of sp³-hybridized carbons (Fsp3) is 0.762. The van der Waals surface area contributed by atoms with E-state index in [-0.39, 0.29) is 31.1 Å². The van der Waals surface area contributed by atoms with E-state index in [0.717, 1.165) is 103 Å². The van der Waals surface area contributed by atoms with E-state index in [4.69, 9.17) is 14.2 Å². The Morgan fingerprint density at radius 3 is 0.928 bits per heavy atom. The molecule has 0 aliphatic heterocycles. The van der Waals surface area contributed by atoms with Gasteiger partial charge >= 0.3 is 17.9 Å². The van der Waals surface area contributed by atoms with Gasteiger partial charge in [-0.3, -0.25) is 14.4 Å². The van der Waals surface area contributed by atoms with Crippen molar-refractivity contribution in [1.82, 2.24) is 0 Å². The van der Waals surface area contributed by atoms with E-state index >= 15 is 0 Å². The van der Waals surface area contributed by atoms with Crippen molar-refractivity contribution >= 4 is 17.9 Å². The van der Waals surface area contributed by atoms with E-state index in [2.05, 4.69) is 93.7 Å². The zero-order valence-electron chi connectivity index (χ0n) is 45.6. The van der Waals surface area contributed by atoms with E-state index in [1.54, 1.807) is 0 Å². The highest BCUT2D eigenvalue weighted by molar-refractivity contribution is 5.71. The molecule has 0 amide bonds. The van der Waals surface area contributed by atoms with Crippen molar-refractivity contribution < 1.29 is 28.6 Å². The molecule has 0 aromatic rings. The third kappa shape index (κ3) is 55.6. The summed E-state index contributed by atoms with van der Waals surface area (Å²) in [5, 5.41) is 0. The van der Waals surface area contributed by atoms with Crippen LogP contribution in [0.15, 0.2) is 72.9 Å². The van der Waals surface area contributed by atoms with Gasteiger partial charge in [0.15, 0.2) is 6.10 Å². The first kappa shape index (κ1) is 65.8. The molecule has 1 unspecified atom stereocenters. The fourth-order valence-electron chi connectivity index (χ4n) is 8.25. The number of ether oxygens (including phenoxy) is 3. The number of hydrogen-bond donors (Lipinski definition) is 0. The quantitative estimate of drug-likeness (QED) is 0.0262. The van der Waals surface area contributed by atoms with Gasteiger partial charge in [0.1, 0.15) is 13.2 Å². The summed E-state index contributed by atoms with van der Waals surface area (Å²) in [5.74, 6) is -0.906. The molecular formula is C63H110O6. The summed E-state index contributed by atoms with van der Waals surface area (Å²) in [6.45, 7) is 6.50. The molecule has 0 aliphatic carbocycles. The van der Waals surface area contributed by atoms with Crippen LogP contribution in [-0.4, -0.2) is 37.2 Å². The van der Waals surface area contributed by atoms with Crippen LogP contribution in [0.2, 0.25) is 0 Å². The molecular weight excluding hydrogens is 853 g/mol. The van der Waals surface area contributed by atoms with Crippen LogP contribution in [0.5, 0.6) is 0 Å². The normalized spacial score (nSPS) is 12.6. The molecule has 0 fully saturated rings. The fourth-order valence-corrected chi connectivity index (χ4v) is 8.25. The van der Waals surface area contributed by atoms with Crippen LogP contribution in [0.1, 0.15) is 290 Å². The van der Waals surface area contributed by atoms with Crippen LogP contribution >= 0.6 is 0 Å². The van der Waals surface area contributed by atoms with Crippen LogP contribution in [0.25, 0.3) is 0 Å². The Balaban J connectivity index is 4.41. The summed E-state index contributed by atoms with van der Waals surface area (Å²) in [6.07, 6.45) is 73.2. The Morgan fingerprint density at radius 2 is 0.565 bits per heavy atom. The maximum Gasteiger partial charge on any atom is 0.306 e. The van der Waals surface area contributed by atoms with Gasteiger partial charge in [-0.2, -0.15) is 0 Å². The number of rotatable bonds is 53. The average Bonchev–Trinajstić information content (AvgIpc) is 3.35. The van der Waals surface area contributed by atoms with Gasteiger partial charge in [0.25, 0.3) is 0 Å². The first-order valence-corrected chi connectivity index (χ1v) is 29.4. The lowest BCUT2D eigenvalue weighted by atomic mass is 10.1. The molecule has 0 heterocycles. The van der Waals surface area contributed by atoms with Crippen molar-refractivity contribution in [3.05, 3.63) is 72.9 Å². The van der Waals surface area contributed by atoms with Crippen molar-refractivity contribution in [2.45, 2.75) is 297 Å².